The van der Waals surface area contributed by atoms with Crippen LogP contribution in [0.5, 0.6) is 0 Å². The molecule has 0 aliphatic heterocycles. The van der Waals surface area contributed by atoms with E-state index in [1.807, 2.05) is 44.2 Å². The number of anilines is 1. The molecule has 0 unspecified atom stereocenters. The van der Waals surface area contributed by atoms with E-state index in [0.29, 0.717) is 23.8 Å². The molecule has 1 amide bonds. The Kier molecular flexibility index (Phi) is 7.16. The highest BCUT2D eigenvalue weighted by Gasteiger charge is 2.20. The molecule has 1 aromatic heterocycles. The lowest BCUT2D eigenvalue weighted by Gasteiger charge is -2.07. The molecule has 0 saturated carbocycles. The number of carbonyl (C=O) groups is 2. The number of thiophene rings is 1. The van der Waals surface area contributed by atoms with E-state index < -0.39 is 5.97 Å². The Morgan fingerprint density at radius 3 is 2.56 bits per heavy atom. The summed E-state index contributed by atoms with van der Waals surface area (Å²) in [4.78, 5) is 25.2. The molecule has 0 atom stereocenters. The molecule has 0 aliphatic carbocycles. The van der Waals surface area contributed by atoms with E-state index in [-0.39, 0.29) is 18.4 Å². The second-order valence-corrected chi connectivity index (χ2v) is 6.88. The van der Waals surface area contributed by atoms with E-state index in [4.69, 9.17) is 9.47 Å². The van der Waals surface area contributed by atoms with Gasteiger partial charge in [0.05, 0.1) is 18.8 Å². The Balaban J connectivity index is 1.97. The topological polar surface area (TPSA) is 64.6 Å². The maximum Gasteiger partial charge on any atom is 0.341 e. The third kappa shape index (κ3) is 5.69. The number of carbonyl (C=O) groups excluding carboxylic acids is 2. The van der Waals surface area contributed by atoms with Gasteiger partial charge in [-0.3, -0.25) is 4.79 Å². The van der Waals surface area contributed by atoms with E-state index in [9.17, 15) is 9.59 Å². The summed E-state index contributed by atoms with van der Waals surface area (Å²) in [6.07, 6.45) is 0. The van der Waals surface area contributed by atoms with Crippen molar-refractivity contribution in [2.75, 3.05) is 18.5 Å². The van der Waals surface area contributed by atoms with Crippen molar-refractivity contribution in [1.82, 2.24) is 0 Å². The number of benzene rings is 1. The van der Waals surface area contributed by atoms with Gasteiger partial charge in [0.2, 0.25) is 0 Å². The summed E-state index contributed by atoms with van der Waals surface area (Å²) in [5.74, 6) is -0.456. The minimum Gasteiger partial charge on any atom is -0.462 e. The molecule has 0 aliphatic rings. The fraction of sp³-hybridized carbons (Fsp3) is 0.368. The molecule has 2 aromatic rings. The summed E-state index contributed by atoms with van der Waals surface area (Å²) in [6.45, 7) is 6.40. The summed E-state index contributed by atoms with van der Waals surface area (Å²) in [5.41, 5.74) is 1.40. The Bertz CT molecular complexity index is 709. The van der Waals surface area contributed by atoms with Crippen molar-refractivity contribution in [3.63, 3.8) is 0 Å². The average Bonchev–Trinajstić information content (AvgIpc) is 3.00. The second kappa shape index (κ2) is 9.34. The van der Waals surface area contributed by atoms with Gasteiger partial charge in [-0.2, -0.15) is 0 Å². The fourth-order valence-corrected chi connectivity index (χ4v) is 3.21. The molecule has 6 heteroatoms. The largest absolute Gasteiger partial charge is 0.462 e. The van der Waals surface area contributed by atoms with Crippen LogP contribution in [0, 0.1) is 0 Å². The summed E-state index contributed by atoms with van der Waals surface area (Å²) in [5, 5.41) is 3.27. The predicted octanol–water partition coefficient (Wildman–Crippen LogP) is 4.20. The predicted molar refractivity (Wildman–Crippen MR) is 99.1 cm³/mol. The van der Waals surface area contributed by atoms with Gasteiger partial charge >= 0.3 is 5.97 Å². The van der Waals surface area contributed by atoms with Crippen molar-refractivity contribution in [1.29, 1.82) is 0 Å². The van der Waals surface area contributed by atoms with Gasteiger partial charge in [-0.1, -0.05) is 44.2 Å². The summed E-state index contributed by atoms with van der Waals surface area (Å²) >= 11 is 1.39. The van der Waals surface area contributed by atoms with Crippen LogP contribution in [0.4, 0.5) is 5.00 Å². The zero-order chi connectivity index (χ0) is 18.2. The average molecular weight is 361 g/mol. The van der Waals surface area contributed by atoms with Crippen LogP contribution in [0.15, 0.2) is 36.4 Å². The molecule has 0 radical (unpaired) electrons. The molecule has 1 aromatic carbocycles. The zero-order valence-electron chi connectivity index (χ0n) is 14.7. The van der Waals surface area contributed by atoms with Gasteiger partial charge in [-0.15, -0.1) is 11.3 Å². The minimum absolute atomic E-state index is 0.0773. The molecule has 0 saturated heterocycles. The lowest BCUT2D eigenvalue weighted by atomic mass is 10.1. The van der Waals surface area contributed by atoms with Gasteiger partial charge in [0, 0.05) is 4.88 Å². The van der Waals surface area contributed by atoms with E-state index in [2.05, 4.69) is 5.32 Å². The van der Waals surface area contributed by atoms with Crippen LogP contribution in [0.3, 0.4) is 0 Å². The van der Waals surface area contributed by atoms with Gasteiger partial charge in [-0.25, -0.2) is 4.79 Å². The number of rotatable bonds is 8. The fourth-order valence-electron chi connectivity index (χ4n) is 2.15. The minimum atomic E-state index is -0.425. The van der Waals surface area contributed by atoms with Crippen molar-refractivity contribution in [2.45, 2.75) is 33.3 Å². The van der Waals surface area contributed by atoms with Gasteiger partial charge in [-0.05, 0) is 24.5 Å². The van der Waals surface area contributed by atoms with Crippen molar-refractivity contribution >= 4 is 28.2 Å². The SMILES string of the molecule is CCOC(=O)c1cc(C(C)C)sc1NC(=O)COCc1ccccc1. The molecule has 1 heterocycles. The molecule has 25 heavy (non-hydrogen) atoms. The number of amides is 1. The molecule has 5 nitrogen and oxygen atoms in total. The number of hydrogen-bond acceptors (Lipinski definition) is 5. The van der Waals surface area contributed by atoms with Crippen molar-refractivity contribution in [3.8, 4) is 0 Å². The molecule has 134 valence electrons. The van der Waals surface area contributed by atoms with Gasteiger partial charge in [0.25, 0.3) is 5.91 Å². The lowest BCUT2D eigenvalue weighted by Crippen LogP contribution is -2.19. The molecule has 0 spiro atoms. The van der Waals surface area contributed by atoms with Gasteiger partial charge < -0.3 is 14.8 Å². The Hall–Kier alpha value is -2.18. The van der Waals surface area contributed by atoms with Crippen LogP contribution in [0.2, 0.25) is 0 Å². The Morgan fingerprint density at radius 1 is 1.20 bits per heavy atom. The second-order valence-electron chi connectivity index (χ2n) is 5.79. The first kappa shape index (κ1) is 19.1. The summed E-state index contributed by atoms with van der Waals surface area (Å²) in [7, 11) is 0. The molecular weight excluding hydrogens is 338 g/mol. The van der Waals surface area contributed by atoms with Gasteiger partial charge in [0.15, 0.2) is 0 Å². The summed E-state index contributed by atoms with van der Waals surface area (Å²) in [6, 6.07) is 11.4. The molecule has 2 rings (SSSR count). The third-order valence-corrected chi connectivity index (χ3v) is 4.76. The van der Waals surface area contributed by atoms with Crippen molar-refractivity contribution < 1.29 is 19.1 Å². The number of hydrogen-bond donors (Lipinski definition) is 1. The Labute approximate surface area is 152 Å². The monoisotopic (exact) mass is 361 g/mol. The van der Waals surface area contributed by atoms with E-state index >= 15 is 0 Å². The first-order valence-corrected chi connectivity index (χ1v) is 9.05. The standard InChI is InChI=1S/C19H23NO4S/c1-4-24-19(22)15-10-16(13(2)3)25-18(15)20-17(21)12-23-11-14-8-6-5-7-9-14/h5-10,13H,4,11-12H2,1-3H3,(H,20,21). The summed E-state index contributed by atoms with van der Waals surface area (Å²) < 4.78 is 10.5. The molecule has 1 N–H and O–H groups in total. The van der Waals surface area contributed by atoms with Crippen LogP contribution in [0.25, 0.3) is 0 Å². The normalized spacial score (nSPS) is 10.7. The molecule has 0 fully saturated rings. The van der Waals surface area contributed by atoms with Gasteiger partial charge in [0.1, 0.15) is 11.6 Å². The van der Waals surface area contributed by atoms with Crippen molar-refractivity contribution in [3.05, 3.63) is 52.4 Å². The quantitative estimate of drug-likeness (QED) is 0.716. The van der Waals surface area contributed by atoms with Crippen LogP contribution >= 0.6 is 11.3 Å². The smallest absolute Gasteiger partial charge is 0.341 e. The lowest BCUT2D eigenvalue weighted by molar-refractivity contribution is -0.120. The maximum absolute atomic E-state index is 12.1. The Morgan fingerprint density at radius 2 is 1.92 bits per heavy atom. The highest BCUT2D eigenvalue weighted by molar-refractivity contribution is 7.16. The highest BCUT2D eigenvalue weighted by atomic mass is 32.1. The zero-order valence-corrected chi connectivity index (χ0v) is 15.5. The van der Waals surface area contributed by atoms with Crippen LogP contribution in [-0.2, 0) is 20.9 Å². The highest BCUT2D eigenvalue weighted by Crippen LogP contribution is 2.33. The third-order valence-electron chi connectivity index (χ3n) is 3.41. The van der Waals surface area contributed by atoms with E-state index in [1.165, 1.54) is 11.3 Å². The van der Waals surface area contributed by atoms with E-state index in [0.717, 1.165) is 10.4 Å². The number of ether oxygens (including phenoxy) is 2. The number of esters is 1. The first-order valence-electron chi connectivity index (χ1n) is 8.23. The van der Waals surface area contributed by atoms with Crippen molar-refractivity contribution in [2.24, 2.45) is 0 Å². The number of nitrogens with one attached hydrogen (secondary N) is 1. The maximum atomic E-state index is 12.1. The van der Waals surface area contributed by atoms with E-state index in [1.54, 1.807) is 13.0 Å². The molecule has 0 bridgehead atoms. The molecular formula is C19H23NO4S. The van der Waals surface area contributed by atoms with Crippen LogP contribution in [0.1, 0.15) is 47.5 Å². The van der Waals surface area contributed by atoms with Crippen LogP contribution < -0.4 is 5.32 Å². The first-order chi connectivity index (χ1) is 12.0. The van der Waals surface area contributed by atoms with Crippen LogP contribution in [-0.4, -0.2) is 25.1 Å².